The highest BCUT2D eigenvalue weighted by Crippen LogP contribution is 2.48. The van der Waals surface area contributed by atoms with E-state index in [9.17, 15) is 9.18 Å². The van der Waals surface area contributed by atoms with E-state index in [-0.39, 0.29) is 17.5 Å². The van der Waals surface area contributed by atoms with Gasteiger partial charge in [0.05, 0.1) is 16.8 Å². The van der Waals surface area contributed by atoms with Gasteiger partial charge in [0.2, 0.25) is 5.91 Å². The molecule has 15 heavy (non-hydrogen) atoms. The van der Waals surface area contributed by atoms with Crippen LogP contribution in [0, 0.1) is 11.3 Å². The van der Waals surface area contributed by atoms with Crippen LogP contribution in [0.25, 0.3) is 0 Å². The highest BCUT2D eigenvalue weighted by Gasteiger charge is 2.51. The van der Waals surface area contributed by atoms with E-state index in [1.165, 1.54) is 4.90 Å². The maximum absolute atomic E-state index is 13.8. The van der Waals surface area contributed by atoms with Crippen molar-refractivity contribution in [3.8, 4) is 0 Å². The van der Waals surface area contributed by atoms with Gasteiger partial charge in [0.1, 0.15) is 0 Å². The molecule has 0 radical (unpaired) electrons. The molecule has 1 heterocycles. The molecule has 1 fully saturated rings. The number of likely N-dealkylation sites (tertiary alicyclic amines) is 1. The Morgan fingerprint density at radius 3 is 2.80 bits per heavy atom. The van der Waals surface area contributed by atoms with E-state index in [2.05, 4.69) is 0 Å². The summed E-state index contributed by atoms with van der Waals surface area (Å²) in [5, 5.41) is 0. The first kappa shape index (κ1) is 10.2. The third-order valence-electron chi connectivity index (χ3n) is 3.47. The van der Waals surface area contributed by atoms with Crippen LogP contribution in [0.4, 0.5) is 4.39 Å². The van der Waals surface area contributed by atoms with Crippen molar-refractivity contribution >= 4 is 5.91 Å². The van der Waals surface area contributed by atoms with Crippen molar-refractivity contribution in [2.75, 3.05) is 7.05 Å². The summed E-state index contributed by atoms with van der Waals surface area (Å²) in [6, 6.07) is 0. The molecule has 2 rings (SSSR count). The van der Waals surface area contributed by atoms with Crippen molar-refractivity contribution in [2.45, 2.75) is 20.3 Å². The first-order chi connectivity index (χ1) is 6.87. The number of fused-ring (bicyclic) bond motifs is 1. The van der Waals surface area contributed by atoms with Gasteiger partial charge < -0.3 is 10.6 Å². The number of halogens is 1. The zero-order chi connectivity index (χ0) is 11.4. The van der Waals surface area contributed by atoms with Crippen LogP contribution >= 0.6 is 0 Å². The van der Waals surface area contributed by atoms with E-state index in [0.717, 1.165) is 0 Å². The molecule has 1 saturated heterocycles. The third-order valence-corrected chi connectivity index (χ3v) is 3.47. The van der Waals surface area contributed by atoms with Gasteiger partial charge in [0.25, 0.3) is 0 Å². The molecule has 3 nitrogen and oxygen atoms in total. The van der Waals surface area contributed by atoms with Gasteiger partial charge in [-0.25, -0.2) is 4.39 Å². The largest absolute Gasteiger partial charge is 0.397 e. The Morgan fingerprint density at radius 1 is 1.60 bits per heavy atom. The second-order valence-corrected chi connectivity index (χ2v) is 4.73. The van der Waals surface area contributed by atoms with E-state index in [1.807, 2.05) is 13.8 Å². The predicted octanol–water partition coefficient (Wildman–Crippen LogP) is 1.53. The first-order valence-corrected chi connectivity index (χ1v) is 5.01. The van der Waals surface area contributed by atoms with Crippen LogP contribution in [-0.2, 0) is 4.79 Å². The molecule has 82 valence electrons. The zero-order valence-electron chi connectivity index (χ0n) is 9.17. The molecule has 0 aromatic carbocycles. The van der Waals surface area contributed by atoms with Crippen LogP contribution in [0.15, 0.2) is 23.3 Å². The highest BCUT2D eigenvalue weighted by atomic mass is 19.1. The molecule has 0 spiro atoms. The molecule has 1 aliphatic carbocycles. The van der Waals surface area contributed by atoms with Gasteiger partial charge in [-0.05, 0) is 6.42 Å². The van der Waals surface area contributed by atoms with Crippen LogP contribution in [-0.4, -0.2) is 17.9 Å². The Labute approximate surface area is 88.4 Å². The Kier molecular flexibility index (Phi) is 1.93. The summed E-state index contributed by atoms with van der Waals surface area (Å²) in [5.74, 6) is -0.560. The van der Waals surface area contributed by atoms with Crippen LogP contribution < -0.4 is 5.73 Å². The monoisotopic (exact) mass is 210 g/mol. The van der Waals surface area contributed by atoms with E-state index in [1.54, 1.807) is 13.1 Å². The van der Waals surface area contributed by atoms with Crippen molar-refractivity contribution in [3.05, 3.63) is 23.3 Å². The van der Waals surface area contributed by atoms with Gasteiger partial charge in [0.15, 0.2) is 5.83 Å². The number of amides is 1. The molecule has 1 amide bonds. The SMILES string of the molecule is CN1C(=O)C(C)(C)C2CC=C(N)C(F)=C21. The van der Waals surface area contributed by atoms with Gasteiger partial charge in [-0.15, -0.1) is 0 Å². The van der Waals surface area contributed by atoms with Gasteiger partial charge in [-0.2, -0.15) is 0 Å². The Morgan fingerprint density at radius 2 is 2.20 bits per heavy atom. The predicted molar refractivity (Wildman–Crippen MR) is 55.1 cm³/mol. The normalized spacial score (nSPS) is 29.3. The molecule has 2 aliphatic rings. The number of allylic oxidation sites excluding steroid dienone is 3. The average molecular weight is 210 g/mol. The quantitative estimate of drug-likeness (QED) is 0.659. The molecule has 0 saturated carbocycles. The summed E-state index contributed by atoms with van der Waals surface area (Å²) >= 11 is 0. The van der Waals surface area contributed by atoms with E-state index in [4.69, 9.17) is 5.73 Å². The van der Waals surface area contributed by atoms with Gasteiger partial charge >= 0.3 is 0 Å². The van der Waals surface area contributed by atoms with Crippen molar-refractivity contribution in [1.82, 2.24) is 4.90 Å². The smallest absolute Gasteiger partial charge is 0.232 e. The Balaban J connectivity index is 2.56. The molecular weight excluding hydrogens is 195 g/mol. The van der Waals surface area contributed by atoms with Crippen LogP contribution in [0.3, 0.4) is 0 Å². The number of carbonyl (C=O) groups excluding carboxylic acids is 1. The minimum Gasteiger partial charge on any atom is -0.397 e. The lowest BCUT2D eigenvalue weighted by Gasteiger charge is -2.25. The van der Waals surface area contributed by atoms with Crippen molar-refractivity contribution in [3.63, 3.8) is 0 Å². The third kappa shape index (κ3) is 1.14. The fraction of sp³-hybridized carbons (Fsp3) is 0.545. The molecule has 1 aliphatic heterocycles. The number of nitrogens with two attached hydrogens (primary N) is 1. The molecule has 2 N–H and O–H groups in total. The van der Waals surface area contributed by atoms with E-state index < -0.39 is 11.2 Å². The topological polar surface area (TPSA) is 46.3 Å². The van der Waals surface area contributed by atoms with Crippen molar-refractivity contribution < 1.29 is 9.18 Å². The van der Waals surface area contributed by atoms with E-state index in [0.29, 0.717) is 12.1 Å². The lowest BCUT2D eigenvalue weighted by atomic mass is 9.76. The number of hydrogen-bond acceptors (Lipinski definition) is 2. The molecule has 1 unspecified atom stereocenters. The highest BCUT2D eigenvalue weighted by molar-refractivity contribution is 5.88. The minimum absolute atomic E-state index is 0.0410. The second kappa shape index (κ2) is 2.84. The molecule has 0 aromatic rings. The molecular formula is C11H15FN2O. The standard InChI is InChI=1S/C11H15FN2O/c1-11(2)6-4-5-7(13)8(12)9(6)14(3)10(11)15/h5-6H,4,13H2,1-3H3. The number of carbonyl (C=O) groups is 1. The summed E-state index contributed by atoms with van der Waals surface area (Å²) < 4.78 is 13.8. The Hall–Kier alpha value is -1.32. The fourth-order valence-corrected chi connectivity index (χ4v) is 2.46. The van der Waals surface area contributed by atoms with Crippen molar-refractivity contribution in [1.29, 1.82) is 0 Å². The Bertz CT molecular complexity index is 395. The molecule has 1 atom stereocenters. The minimum atomic E-state index is -0.529. The summed E-state index contributed by atoms with van der Waals surface area (Å²) in [6.07, 6.45) is 2.30. The first-order valence-electron chi connectivity index (χ1n) is 5.01. The van der Waals surface area contributed by atoms with Crippen LogP contribution in [0.5, 0.6) is 0 Å². The number of rotatable bonds is 0. The summed E-state index contributed by atoms with van der Waals surface area (Å²) in [7, 11) is 1.61. The number of hydrogen-bond donors (Lipinski definition) is 1. The van der Waals surface area contributed by atoms with Gasteiger partial charge in [-0.1, -0.05) is 19.9 Å². The summed E-state index contributed by atoms with van der Waals surface area (Å²) in [4.78, 5) is 13.3. The molecule has 4 heteroatoms. The number of nitrogens with zero attached hydrogens (tertiary/aromatic N) is 1. The van der Waals surface area contributed by atoms with Crippen LogP contribution in [0.1, 0.15) is 20.3 Å². The van der Waals surface area contributed by atoms with Gasteiger partial charge in [-0.3, -0.25) is 4.79 Å². The molecule has 0 bridgehead atoms. The maximum Gasteiger partial charge on any atom is 0.232 e. The zero-order valence-corrected chi connectivity index (χ0v) is 9.17. The van der Waals surface area contributed by atoms with Gasteiger partial charge in [0, 0.05) is 13.0 Å². The lowest BCUT2D eigenvalue weighted by Crippen LogP contribution is -2.29. The van der Waals surface area contributed by atoms with Crippen LogP contribution in [0.2, 0.25) is 0 Å². The summed E-state index contributed by atoms with van der Waals surface area (Å²) in [6.45, 7) is 3.71. The van der Waals surface area contributed by atoms with Crippen molar-refractivity contribution in [2.24, 2.45) is 17.1 Å². The summed E-state index contributed by atoms with van der Waals surface area (Å²) in [5.41, 5.74) is 5.59. The molecule has 0 aromatic heterocycles. The lowest BCUT2D eigenvalue weighted by molar-refractivity contribution is -0.133. The fourth-order valence-electron chi connectivity index (χ4n) is 2.46. The second-order valence-electron chi connectivity index (χ2n) is 4.73. The average Bonchev–Trinajstić information content (AvgIpc) is 2.34. The maximum atomic E-state index is 13.8. The van der Waals surface area contributed by atoms with E-state index >= 15 is 0 Å².